The molecule has 0 radical (unpaired) electrons. The molecule has 2 aliphatic rings. The van der Waals surface area contributed by atoms with Gasteiger partial charge in [-0.15, -0.1) is 0 Å². The molecule has 5 heteroatoms. The Morgan fingerprint density at radius 1 is 1.19 bits per heavy atom. The molecule has 0 spiro atoms. The third-order valence-electron chi connectivity index (χ3n) is 5.45. The standard InChI is InChI=1S/C22H27N3O2/c1-16-11-12-17(13-23-16)14-25-15-21(27-20-10-6-5-9-19(20)25)22(26)24-18-7-3-2-4-8-18/h5-6,9-13,18,21H,2-4,7-8,14-15H2,1H3,(H,24,26). The van der Waals surface area contributed by atoms with Gasteiger partial charge in [0.05, 0.1) is 12.2 Å². The van der Waals surface area contributed by atoms with Crippen LogP contribution in [0.2, 0.25) is 0 Å². The van der Waals surface area contributed by atoms with E-state index in [9.17, 15) is 4.79 Å². The van der Waals surface area contributed by atoms with Crippen LogP contribution in [0.4, 0.5) is 5.69 Å². The van der Waals surface area contributed by atoms with E-state index in [0.29, 0.717) is 19.1 Å². The Bertz CT molecular complexity index is 784. The van der Waals surface area contributed by atoms with Crippen LogP contribution >= 0.6 is 0 Å². The molecule has 2 aromatic rings. The van der Waals surface area contributed by atoms with Crippen molar-refractivity contribution in [3.8, 4) is 5.75 Å². The van der Waals surface area contributed by atoms with Gasteiger partial charge in [-0.2, -0.15) is 0 Å². The van der Waals surface area contributed by atoms with Gasteiger partial charge in [0.1, 0.15) is 5.75 Å². The number of carbonyl (C=O) groups excluding carboxylic acids is 1. The molecule has 1 amide bonds. The molecule has 5 nitrogen and oxygen atoms in total. The molecule has 1 aliphatic heterocycles. The van der Waals surface area contributed by atoms with E-state index in [1.807, 2.05) is 43.5 Å². The fourth-order valence-electron chi connectivity index (χ4n) is 3.95. The molecule has 1 saturated carbocycles. The molecule has 1 atom stereocenters. The maximum absolute atomic E-state index is 12.8. The lowest BCUT2D eigenvalue weighted by atomic mass is 9.95. The van der Waals surface area contributed by atoms with Crippen molar-refractivity contribution in [3.63, 3.8) is 0 Å². The van der Waals surface area contributed by atoms with E-state index in [4.69, 9.17) is 4.74 Å². The van der Waals surface area contributed by atoms with Crippen molar-refractivity contribution in [2.75, 3.05) is 11.4 Å². The summed E-state index contributed by atoms with van der Waals surface area (Å²) in [4.78, 5) is 19.5. The summed E-state index contributed by atoms with van der Waals surface area (Å²) in [5, 5.41) is 3.21. The SMILES string of the molecule is Cc1ccc(CN2CC(C(=O)NC3CCCCC3)Oc3ccccc32)cn1. The first-order valence-corrected chi connectivity index (χ1v) is 9.91. The molecule has 1 aromatic heterocycles. The van der Waals surface area contributed by atoms with Crippen molar-refractivity contribution in [3.05, 3.63) is 53.9 Å². The Morgan fingerprint density at radius 2 is 2.00 bits per heavy atom. The second-order valence-electron chi connectivity index (χ2n) is 7.61. The number of aryl methyl sites for hydroxylation is 1. The topological polar surface area (TPSA) is 54.5 Å². The number of hydrogen-bond acceptors (Lipinski definition) is 4. The minimum atomic E-state index is -0.486. The average Bonchev–Trinajstić information content (AvgIpc) is 2.70. The largest absolute Gasteiger partial charge is 0.477 e. The second kappa shape index (κ2) is 7.99. The highest BCUT2D eigenvalue weighted by Crippen LogP contribution is 2.34. The molecule has 1 aliphatic carbocycles. The number of hydrogen-bond donors (Lipinski definition) is 1. The van der Waals surface area contributed by atoms with Gasteiger partial charge < -0.3 is 15.0 Å². The van der Waals surface area contributed by atoms with E-state index in [0.717, 1.165) is 35.5 Å². The molecule has 4 rings (SSSR count). The van der Waals surface area contributed by atoms with Gasteiger partial charge in [0, 0.05) is 24.5 Å². The number of nitrogens with one attached hydrogen (secondary N) is 1. The molecular weight excluding hydrogens is 338 g/mol. The van der Waals surface area contributed by atoms with Crippen molar-refractivity contribution in [2.24, 2.45) is 0 Å². The third-order valence-corrected chi connectivity index (χ3v) is 5.45. The quantitative estimate of drug-likeness (QED) is 0.899. The van der Waals surface area contributed by atoms with Crippen LogP contribution in [0.5, 0.6) is 5.75 Å². The number of ether oxygens (including phenoxy) is 1. The van der Waals surface area contributed by atoms with Crippen molar-refractivity contribution in [2.45, 2.75) is 57.7 Å². The summed E-state index contributed by atoms with van der Waals surface area (Å²) in [6.07, 6.45) is 7.25. The highest BCUT2D eigenvalue weighted by atomic mass is 16.5. The number of fused-ring (bicyclic) bond motifs is 1. The maximum atomic E-state index is 12.8. The number of aromatic nitrogens is 1. The number of nitrogens with zero attached hydrogens (tertiary/aromatic N) is 2. The van der Waals surface area contributed by atoms with Crippen LogP contribution in [0.15, 0.2) is 42.6 Å². The number of amides is 1. The van der Waals surface area contributed by atoms with Crippen LogP contribution in [0.1, 0.15) is 43.4 Å². The summed E-state index contributed by atoms with van der Waals surface area (Å²) in [6.45, 7) is 3.24. The van der Waals surface area contributed by atoms with Gasteiger partial charge in [-0.1, -0.05) is 37.5 Å². The van der Waals surface area contributed by atoms with Gasteiger partial charge in [0.2, 0.25) is 0 Å². The predicted octanol–water partition coefficient (Wildman–Crippen LogP) is 3.61. The van der Waals surface area contributed by atoms with Crippen molar-refractivity contribution < 1.29 is 9.53 Å². The lowest BCUT2D eigenvalue weighted by Gasteiger charge is -2.36. The zero-order chi connectivity index (χ0) is 18.6. The fraction of sp³-hybridized carbons (Fsp3) is 0.455. The van der Waals surface area contributed by atoms with Gasteiger partial charge in [0.25, 0.3) is 5.91 Å². The minimum Gasteiger partial charge on any atom is -0.477 e. The number of anilines is 1. The summed E-state index contributed by atoms with van der Waals surface area (Å²) in [6, 6.07) is 12.4. The lowest BCUT2D eigenvalue weighted by Crippen LogP contribution is -2.51. The molecule has 1 aromatic carbocycles. The van der Waals surface area contributed by atoms with E-state index in [2.05, 4.69) is 21.3 Å². The number of para-hydroxylation sites is 2. The zero-order valence-electron chi connectivity index (χ0n) is 15.9. The minimum absolute atomic E-state index is 0.00318. The monoisotopic (exact) mass is 365 g/mol. The summed E-state index contributed by atoms with van der Waals surface area (Å²) < 4.78 is 6.05. The van der Waals surface area contributed by atoms with Gasteiger partial charge >= 0.3 is 0 Å². The Hall–Kier alpha value is -2.56. The number of carbonyl (C=O) groups is 1. The molecular formula is C22H27N3O2. The molecule has 0 saturated heterocycles. The Balaban J connectivity index is 1.50. The Morgan fingerprint density at radius 3 is 2.78 bits per heavy atom. The summed E-state index contributed by atoms with van der Waals surface area (Å²) in [5.74, 6) is 0.774. The third kappa shape index (κ3) is 4.24. The van der Waals surface area contributed by atoms with Crippen LogP contribution in [0.3, 0.4) is 0 Å². The predicted molar refractivity (Wildman–Crippen MR) is 106 cm³/mol. The van der Waals surface area contributed by atoms with Gasteiger partial charge in [-0.25, -0.2) is 0 Å². The van der Waals surface area contributed by atoms with Crippen molar-refractivity contribution in [1.82, 2.24) is 10.3 Å². The van der Waals surface area contributed by atoms with Crippen LogP contribution in [0.25, 0.3) is 0 Å². The molecule has 1 fully saturated rings. The normalized spacial score (nSPS) is 19.9. The highest BCUT2D eigenvalue weighted by molar-refractivity contribution is 5.83. The molecule has 1 unspecified atom stereocenters. The first-order valence-electron chi connectivity index (χ1n) is 9.91. The Kier molecular flexibility index (Phi) is 5.28. The lowest BCUT2D eigenvalue weighted by molar-refractivity contribution is -0.128. The Labute approximate surface area is 160 Å². The summed E-state index contributed by atoms with van der Waals surface area (Å²) >= 11 is 0. The molecule has 27 heavy (non-hydrogen) atoms. The molecule has 142 valence electrons. The van der Waals surface area contributed by atoms with Gasteiger partial charge in [0.15, 0.2) is 6.10 Å². The van der Waals surface area contributed by atoms with E-state index in [1.54, 1.807) is 0 Å². The van der Waals surface area contributed by atoms with Crippen LogP contribution in [-0.4, -0.2) is 29.6 Å². The smallest absolute Gasteiger partial charge is 0.263 e. The highest BCUT2D eigenvalue weighted by Gasteiger charge is 2.32. The molecule has 2 heterocycles. The number of benzene rings is 1. The van der Waals surface area contributed by atoms with Gasteiger partial charge in [-0.3, -0.25) is 9.78 Å². The number of pyridine rings is 1. The maximum Gasteiger partial charge on any atom is 0.263 e. The van der Waals surface area contributed by atoms with E-state index in [1.165, 1.54) is 19.3 Å². The zero-order valence-corrected chi connectivity index (χ0v) is 15.9. The van der Waals surface area contributed by atoms with Crippen LogP contribution in [0, 0.1) is 6.92 Å². The molecule has 0 bridgehead atoms. The number of rotatable bonds is 4. The first-order chi connectivity index (χ1) is 13.2. The van der Waals surface area contributed by atoms with Gasteiger partial charge in [-0.05, 0) is 43.5 Å². The second-order valence-corrected chi connectivity index (χ2v) is 7.61. The molecule has 1 N–H and O–H groups in total. The van der Waals surface area contributed by atoms with E-state index in [-0.39, 0.29) is 5.91 Å². The summed E-state index contributed by atoms with van der Waals surface area (Å²) in [7, 11) is 0. The van der Waals surface area contributed by atoms with E-state index < -0.39 is 6.10 Å². The average molecular weight is 365 g/mol. The first kappa shape index (κ1) is 17.8. The van der Waals surface area contributed by atoms with E-state index >= 15 is 0 Å². The van der Waals surface area contributed by atoms with Crippen LogP contribution in [-0.2, 0) is 11.3 Å². The van der Waals surface area contributed by atoms with Crippen molar-refractivity contribution >= 4 is 11.6 Å². The van der Waals surface area contributed by atoms with Crippen molar-refractivity contribution in [1.29, 1.82) is 0 Å². The summed E-state index contributed by atoms with van der Waals surface area (Å²) in [5.41, 5.74) is 3.16. The fourth-order valence-corrected chi connectivity index (χ4v) is 3.95. The van der Waals surface area contributed by atoms with Crippen LogP contribution < -0.4 is 15.0 Å².